The van der Waals surface area contributed by atoms with Crippen molar-refractivity contribution in [3.8, 4) is 0 Å². The highest BCUT2D eigenvalue weighted by atomic mass is 15.2. The zero-order chi connectivity index (χ0) is 52.8. The maximum absolute atomic E-state index is 3.64. The second-order valence-electron chi connectivity index (χ2n) is 36.8. The standard InChI is InChI=1S/C76H124N2/c1-73(2)61-21-13-9-17-51(61)55-35-29-47(41-65(55)73)77(48-30-36-56-52-18-10-14-22-62(52)74(3,4)66(56)42-48)69-39-27-45-26-34-60-70(40-28-46-25-33-59(69)71(45)72(46)60)78(49-31-37-57-53-19-11-15-23-63(53)75(5,6)67(57)43-49)50-32-38-58-54-20-12-16-24-64(54)76(7,8)68(58)44-50/h45-72H,9-44H2,1-8H3. The van der Waals surface area contributed by atoms with Crippen LogP contribution in [0.25, 0.3) is 0 Å². The molecule has 16 aliphatic rings. The number of hydrogen-bond acceptors (Lipinski definition) is 2. The first-order chi connectivity index (χ1) is 37.7. The van der Waals surface area contributed by atoms with E-state index in [2.05, 4.69) is 65.2 Å². The Kier molecular flexibility index (Phi) is 13.5. The normalized spacial score (nSPS) is 55.8. The van der Waals surface area contributed by atoms with E-state index in [0.29, 0.717) is 21.7 Å². The minimum atomic E-state index is 0.548. The summed E-state index contributed by atoms with van der Waals surface area (Å²) in [4.78, 5) is 7.28. The van der Waals surface area contributed by atoms with E-state index in [-0.39, 0.29) is 0 Å². The minimum Gasteiger partial charge on any atom is -0.294 e. The fourth-order valence-electron chi connectivity index (χ4n) is 31.4. The topological polar surface area (TPSA) is 6.48 Å². The monoisotopic (exact) mass is 1060 g/mol. The Balaban J connectivity index is 0.728. The largest absolute Gasteiger partial charge is 0.294 e. The summed E-state index contributed by atoms with van der Waals surface area (Å²) in [6.07, 6.45) is 56.4. The van der Waals surface area contributed by atoms with Crippen LogP contribution >= 0.6 is 0 Å². The van der Waals surface area contributed by atoms with Crippen molar-refractivity contribution in [1.29, 1.82) is 0 Å². The molecule has 0 aromatic heterocycles. The number of hydrogen-bond donors (Lipinski definition) is 0. The van der Waals surface area contributed by atoms with Crippen LogP contribution in [-0.2, 0) is 0 Å². The van der Waals surface area contributed by atoms with Crippen molar-refractivity contribution in [2.24, 2.45) is 152 Å². The van der Waals surface area contributed by atoms with Gasteiger partial charge in [-0.25, -0.2) is 0 Å². The van der Waals surface area contributed by atoms with Gasteiger partial charge in [0, 0.05) is 36.3 Å². The quantitative estimate of drug-likeness (QED) is 0.262. The van der Waals surface area contributed by atoms with Crippen molar-refractivity contribution < 1.29 is 0 Å². The van der Waals surface area contributed by atoms with E-state index in [1.165, 1.54) is 51.4 Å². The summed E-state index contributed by atoms with van der Waals surface area (Å²) < 4.78 is 0. The summed E-state index contributed by atoms with van der Waals surface area (Å²) in [6, 6.07) is 5.23. The van der Waals surface area contributed by atoms with Crippen LogP contribution in [-0.4, -0.2) is 46.1 Å². The van der Waals surface area contributed by atoms with Crippen molar-refractivity contribution in [1.82, 2.24) is 9.80 Å². The Bertz CT molecular complexity index is 1900. The molecule has 16 fully saturated rings. The van der Waals surface area contributed by atoms with Gasteiger partial charge in [0.25, 0.3) is 0 Å². The summed E-state index contributed by atoms with van der Waals surface area (Å²) in [5.74, 6) is 22.5. The summed E-state index contributed by atoms with van der Waals surface area (Å²) >= 11 is 0. The fraction of sp³-hybridized carbons (Fsp3) is 1.00. The molecule has 28 unspecified atom stereocenters. The van der Waals surface area contributed by atoms with Crippen LogP contribution in [0.15, 0.2) is 0 Å². The van der Waals surface area contributed by atoms with Gasteiger partial charge >= 0.3 is 0 Å². The zero-order valence-electron chi connectivity index (χ0n) is 52.5. The summed E-state index contributed by atoms with van der Waals surface area (Å²) in [6.45, 7) is 22.7. The lowest BCUT2D eigenvalue weighted by atomic mass is 9.46. The van der Waals surface area contributed by atoms with Gasteiger partial charge in [-0.15, -0.1) is 0 Å². The average Bonchev–Trinajstić information content (AvgIpc) is 4.11. The van der Waals surface area contributed by atoms with Gasteiger partial charge in [0.2, 0.25) is 0 Å². The molecule has 2 nitrogen and oxygen atoms in total. The smallest absolute Gasteiger partial charge is 0.0132 e. The minimum absolute atomic E-state index is 0.548. The molecule has 16 saturated carbocycles. The fourth-order valence-corrected chi connectivity index (χ4v) is 31.4. The van der Waals surface area contributed by atoms with Crippen molar-refractivity contribution in [3.63, 3.8) is 0 Å². The zero-order valence-corrected chi connectivity index (χ0v) is 52.5. The van der Waals surface area contributed by atoms with Gasteiger partial charge in [0.1, 0.15) is 0 Å². The molecule has 2 heteroatoms. The van der Waals surface area contributed by atoms with E-state index in [4.69, 9.17) is 0 Å². The van der Waals surface area contributed by atoms with Crippen LogP contribution in [0.1, 0.15) is 287 Å². The maximum atomic E-state index is 3.64. The van der Waals surface area contributed by atoms with Gasteiger partial charge < -0.3 is 0 Å². The van der Waals surface area contributed by atoms with E-state index in [1.807, 2.05) is 0 Å². The third kappa shape index (κ3) is 7.92. The molecule has 0 aliphatic heterocycles. The molecule has 0 amide bonds. The van der Waals surface area contributed by atoms with E-state index in [9.17, 15) is 0 Å². The number of nitrogens with zero attached hydrogens (tertiary/aromatic N) is 2. The molecule has 0 spiro atoms. The lowest BCUT2D eigenvalue weighted by Gasteiger charge is -2.65. The number of fused-ring (bicyclic) bond motifs is 12. The molecule has 78 heavy (non-hydrogen) atoms. The highest BCUT2D eigenvalue weighted by Gasteiger charge is 2.65. The molecule has 0 aromatic carbocycles. The molecule has 0 saturated heterocycles. The van der Waals surface area contributed by atoms with Crippen molar-refractivity contribution in [2.45, 2.75) is 323 Å². The van der Waals surface area contributed by atoms with Crippen LogP contribution < -0.4 is 0 Å². The Morgan fingerprint density at radius 2 is 0.449 bits per heavy atom. The molecular weight excluding hydrogens is 941 g/mol. The average molecular weight is 1070 g/mol. The molecule has 438 valence electrons. The highest BCUT2D eigenvalue weighted by Crippen LogP contribution is 2.70. The summed E-state index contributed by atoms with van der Waals surface area (Å²) in [5, 5.41) is 0. The first-order valence-corrected chi connectivity index (χ1v) is 37.3. The Hall–Kier alpha value is -0.0800. The highest BCUT2D eigenvalue weighted by molar-refractivity contribution is 5.16. The SMILES string of the molecule is CC1(C)C2CCCCC2C2CCC(N(C3CCC4C5CCCCC5C(C)(C)C4C3)C3CCC4CCC5C6C(CCC3C46)CCC5N(C3CCC4C5CCCCC5C(C)(C)C4C3)C3CCC4C5CCCCC5C(C)(C)C4C3)CC21. The molecule has 0 heterocycles. The van der Waals surface area contributed by atoms with E-state index >= 15 is 0 Å². The molecular formula is C76H124N2. The van der Waals surface area contributed by atoms with Crippen LogP contribution in [0.2, 0.25) is 0 Å². The second-order valence-corrected chi connectivity index (χ2v) is 36.8. The summed E-state index contributed by atoms with van der Waals surface area (Å²) in [7, 11) is 0. The maximum Gasteiger partial charge on any atom is 0.0132 e. The molecule has 0 radical (unpaired) electrons. The first-order valence-electron chi connectivity index (χ1n) is 37.3. The Labute approximate surface area is 482 Å². The van der Waals surface area contributed by atoms with Crippen LogP contribution in [0.4, 0.5) is 0 Å². The Morgan fingerprint density at radius 1 is 0.218 bits per heavy atom. The van der Waals surface area contributed by atoms with Gasteiger partial charge in [-0.3, -0.25) is 9.80 Å². The van der Waals surface area contributed by atoms with Crippen molar-refractivity contribution in [2.75, 3.05) is 0 Å². The lowest BCUT2D eigenvalue weighted by molar-refractivity contribution is -0.156. The van der Waals surface area contributed by atoms with Gasteiger partial charge in [-0.1, -0.05) is 107 Å². The predicted molar refractivity (Wildman–Crippen MR) is 325 cm³/mol. The number of rotatable bonds is 6. The van der Waals surface area contributed by atoms with Gasteiger partial charge in [-0.2, -0.15) is 0 Å². The lowest BCUT2D eigenvalue weighted by Crippen LogP contribution is -2.65. The van der Waals surface area contributed by atoms with Crippen molar-refractivity contribution >= 4 is 0 Å². The van der Waals surface area contributed by atoms with E-state index < -0.39 is 0 Å². The summed E-state index contributed by atoms with van der Waals surface area (Å²) in [5.41, 5.74) is 2.19. The molecule has 0 aromatic rings. The molecule has 0 N–H and O–H groups in total. The van der Waals surface area contributed by atoms with Gasteiger partial charge in [0.15, 0.2) is 0 Å². The van der Waals surface area contributed by atoms with Gasteiger partial charge in [0.05, 0.1) is 0 Å². The van der Waals surface area contributed by atoms with Gasteiger partial charge in [-0.05, 0) is 332 Å². The van der Waals surface area contributed by atoms with Crippen LogP contribution in [0, 0.1) is 152 Å². The first kappa shape index (κ1) is 53.4. The third-order valence-corrected chi connectivity index (χ3v) is 34.0. The second kappa shape index (κ2) is 19.7. The van der Waals surface area contributed by atoms with Crippen molar-refractivity contribution in [3.05, 3.63) is 0 Å². The van der Waals surface area contributed by atoms with Crippen LogP contribution in [0.5, 0.6) is 0 Å². The van der Waals surface area contributed by atoms with E-state index in [1.54, 1.807) is 180 Å². The third-order valence-electron chi connectivity index (χ3n) is 34.0. The molecule has 16 aliphatic carbocycles. The van der Waals surface area contributed by atoms with E-state index in [0.717, 1.165) is 166 Å². The predicted octanol–water partition coefficient (Wildman–Crippen LogP) is 19.7. The van der Waals surface area contributed by atoms with Crippen LogP contribution in [0.3, 0.4) is 0 Å². The molecule has 0 bridgehead atoms. The molecule has 28 atom stereocenters. The Morgan fingerprint density at radius 3 is 0.731 bits per heavy atom. The molecule has 16 rings (SSSR count).